The van der Waals surface area contributed by atoms with Crippen LogP contribution in [-0.4, -0.2) is 6.61 Å². The van der Waals surface area contributed by atoms with E-state index in [1.807, 2.05) is 31.2 Å². The summed E-state index contributed by atoms with van der Waals surface area (Å²) in [6.45, 7) is 2.55. The molecule has 0 heterocycles. The molecule has 2 rings (SSSR count). The first kappa shape index (κ1) is 12.6. The second kappa shape index (κ2) is 5.65. The van der Waals surface area contributed by atoms with Crippen molar-refractivity contribution in [2.75, 3.05) is 12.3 Å². The van der Waals surface area contributed by atoms with E-state index >= 15 is 0 Å². The molecule has 0 fully saturated rings. The van der Waals surface area contributed by atoms with E-state index in [0.717, 1.165) is 5.75 Å². The van der Waals surface area contributed by atoms with Crippen molar-refractivity contribution in [2.45, 2.75) is 6.92 Å². The number of anilines is 1. The molecule has 0 bridgehead atoms. The van der Waals surface area contributed by atoms with Crippen molar-refractivity contribution in [3.05, 3.63) is 47.5 Å². The van der Waals surface area contributed by atoms with Gasteiger partial charge in [-0.1, -0.05) is 23.7 Å². The molecule has 0 amide bonds. The summed E-state index contributed by atoms with van der Waals surface area (Å²) in [7, 11) is 0. The van der Waals surface area contributed by atoms with Gasteiger partial charge in [0.1, 0.15) is 11.5 Å². The second-order valence-electron chi connectivity index (χ2n) is 3.66. The maximum absolute atomic E-state index is 5.93. The topological polar surface area (TPSA) is 44.5 Å². The number of nitrogen functional groups attached to an aromatic ring is 1. The molecule has 18 heavy (non-hydrogen) atoms. The molecule has 0 saturated heterocycles. The third kappa shape index (κ3) is 2.87. The summed E-state index contributed by atoms with van der Waals surface area (Å²) in [4.78, 5) is 0. The maximum atomic E-state index is 5.93. The molecule has 0 aliphatic heterocycles. The van der Waals surface area contributed by atoms with Gasteiger partial charge in [0.05, 0.1) is 17.3 Å². The lowest BCUT2D eigenvalue weighted by molar-refractivity contribution is 0.338. The lowest BCUT2D eigenvalue weighted by atomic mass is 10.3. The highest BCUT2D eigenvalue weighted by molar-refractivity contribution is 6.33. The highest BCUT2D eigenvalue weighted by Gasteiger charge is 2.06. The van der Waals surface area contributed by atoms with Crippen LogP contribution in [0.3, 0.4) is 0 Å². The molecular weight excluding hydrogens is 250 g/mol. The van der Waals surface area contributed by atoms with Gasteiger partial charge in [0, 0.05) is 6.07 Å². The minimum atomic E-state index is 0.431. The average Bonchev–Trinajstić information content (AvgIpc) is 2.36. The van der Waals surface area contributed by atoms with Crippen molar-refractivity contribution in [2.24, 2.45) is 0 Å². The number of rotatable bonds is 4. The van der Waals surface area contributed by atoms with Crippen molar-refractivity contribution in [1.82, 2.24) is 0 Å². The standard InChI is InChI=1S/C14H14ClNO2/c1-2-17-10-5-3-6-11(9-10)18-13-8-4-7-12(15)14(13)16/h3-9H,2,16H2,1H3. The number of hydrogen-bond acceptors (Lipinski definition) is 3. The summed E-state index contributed by atoms with van der Waals surface area (Å²) < 4.78 is 11.1. The Balaban J connectivity index is 2.23. The van der Waals surface area contributed by atoms with Crippen molar-refractivity contribution in [3.63, 3.8) is 0 Å². The molecule has 2 aromatic rings. The van der Waals surface area contributed by atoms with E-state index in [1.54, 1.807) is 18.2 Å². The first-order valence-electron chi connectivity index (χ1n) is 5.65. The fraction of sp³-hybridized carbons (Fsp3) is 0.143. The van der Waals surface area contributed by atoms with Gasteiger partial charge in [0.2, 0.25) is 0 Å². The molecule has 3 nitrogen and oxygen atoms in total. The van der Waals surface area contributed by atoms with Gasteiger partial charge in [-0.25, -0.2) is 0 Å². The van der Waals surface area contributed by atoms with Gasteiger partial charge in [-0.3, -0.25) is 0 Å². The fourth-order valence-electron chi connectivity index (χ4n) is 1.53. The fourth-order valence-corrected chi connectivity index (χ4v) is 1.69. The van der Waals surface area contributed by atoms with Crippen molar-refractivity contribution < 1.29 is 9.47 Å². The molecule has 0 aliphatic rings. The van der Waals surface area contributed by atoms with Gasteiger partial charge < -0.3 is 15.2 Å². The third-order valence-electron chi connectivity index (χ3n) is 2.36. The van der Waals surface area contributed by atoms with Gasteiger partial charge >= 0.3 is 0 Å². The molecular formula is C14H14ClNO2. The van der Waals surface area contributed by atoms with Crippen LogP contribution in [0.2, 0.25) is 5.02 Å². The van der Waals surface area contributed by atoms with E-state index in [9.17, 15) is 0 Å². The highest BCUT2D eigenvalue weighted by atomic mass is 35.5. The predicted octanol–water partition coefficient (Wildman–Crippen LogP) is 4.11. The number of nitrogens with two attached hydrogens (primary N) is 1. The lowest BCUT2D eigenvalue weighted by Gasteiger charge is -2.10. The largest absolute Gasteiger partial charge is 0.494 e. The Morgan fingerprint density at radius 1 is 1.11 bits per heavy atom. The Morgan fingerprint density at radius 3 is 2.61 bits per heavy atom. The van der Waals surface area contributed by atoms with Crippen LogP contribution in [0.5, 0.6) is 17.2 Å². The quantitative estimate of drug-likeness (QED) is 0.844. The summed E-state index contributed by atoms with van der Waals surface area (Å²) in [5, 5.41) is 0.480. The Kier molecular flexibility index (Phi) is 3.95. The van der Waals surface area contributed by atoms with Crippen molar-refractivity contribution >= 4 is 17.3 Å². The second-order valence-corrected chi connectivity index (χ2v) is 4.07. The molecule has 0 saturated carbocycles. The van der Waals surface area contributed by atoms with E-state index < -0.39 is 0 Å². The van der Waals surface area contributed by atoms with Crippen LogP contribution in [0.4, 0.5) is 5.69 Å². The van der Waals surface area contributed by atoms with Crippen LogP contribution in [0, 0.1) is 0 Å². The van der Waals surface area contributed by atoms with Crippen molar-refractivity contribution in [3.8, 4) is 17.2 Å². The Bertz CT molecular complexity index is 543. The molecule has 0 aliphatic carbocycles. The van der Waals surface area contributed by atoms with Gasteiger partial charge in [-0.15, -0.1) is 0 Å². The van der Waals surface area contributed by atoms with E-state index in [-0.39, 0.29) is 0 Å². The molecule has 94 valence electrons. The first-order chi connectivity index (χ1) is 8.70. The molecule has 0 aromatic heterocycles. The summed E-state index contributed by atoms with van der Waals surface area (Å²) in [6, 6.07) is 12.7. The Hall–Kier alpha value is -1.87. The number of benzene rings is 2. The van der Waals surface area contributed by atoms with E-state index in [0.29, 0.717) is 28.8 Å². The van der Waals surface area contributed by atoms with Gasteiger partial charge in [-0.2, -0.15) is 0 Å². The monoisotopic (exact) mass is 263 g/mol. The SMILES string of the molecule is CCOc1cccc(Oc2cccc(Cl)c2N)c1. The summed E-state index contributed by atoms with van der Waals surface area (Å²) >= 11 is 5.93. The molecule has 0 radical (unpaired) electrons. The van der Waals surface area contributed by atoms with Gasteiger partial charge in [0.25, 0.3) is 0 Å². The molecule has 0 spiro atoms. The van der Waals surface area contributed by atoms with Crippen molar-refractivity contribution in [1.29, 1.82) is 0 Å². The summed E-state index contributed by atoms with van der Waals surface area (Å²) in [6.07, 6.45) is 0. The zero-order valence-electron chi connectivity index (χ0n) is 10.0. The maximum Gasteiger partial charge on any atom is 0.151 e. The van der Waals surface area contributed by atoms with E-state index in [2.05, 4.69) is 0 Å². The number of para-hydroxylation sites is 1. The van der Waals surface area contributed by atoms with Crippen LogP contribution in [0.1, 0.15) is 6.92 Å². The van der Waals surface area contributed by atoms with Crippen LogP contribution in [0.25, 0.3) is 0 Å². The molecule has 2 aromatic carbocycles. The normalized spacial score (nSPS) is 10.1. The van der Waals surface area contributed by atoms with Crippen LogP contribution in [0.15, 0.2) is 42.5 Å². The van der Waals surface area contributed by atoms with Gasteiger partial charge in [-0.05, 0) is 31.2 Å². The van der Waals surface area contributed by atoms with Crippen LogP contribution < -0.4 is 15.2 Å². The average molecular weight is 264 g/mol. The minimum absolute atomic E-state index is 0.431. The number of ether oxygens (including phenoxy) is 2. The summed E-state index contributed by atoms with van der Waals surface area (Å²) in [5.41, 5.74) is 6.27. The lowest BCUT2D eigenvalue weighted by Crippen LogP contribution is -1.94. The van der Waals surface area contributed by atoms with Crippen LogP contribution >= 0.6 is 11.6 Å². The Labute approximate surface area is 111 Å². The Morgan fingerprint density at radius 2 is 1.83 bits per heavy atom. The zero-order chi connectivity index (χ0) is 13.0. The predicted molar refractivity (Wildman–Crippen MR) is 73.5 cm³/mol. The van der Waals surface area contributed by atoms with E-state index in [1.165, 1.54) is 0 Å². The highest BCUT2D eigenvalue weighted by Crippen LogP contribution is 2.33. The minimum Gasteiger partial charge on any atom is -0.494 e. The van der Waals surface area contributed by atoms with Gasteiger partial charge in [0.15, 0.2) is 5.75 Å². The molecule has 4 heteroatoms. The molecule has 2 N–H and O–H groups in total. The molecule has 0 unspecified atom stereocenters. The third-order valence-corrected chi connectivity index (χ3v) is 2.69. The first-order valence-corrected chi connectivity index (χ1v) is 6.03. The smallest absolute Gasteiger partial charge is 0.151 e. The van der Waals surface area contributed by atoms with Crippen LogP contribution in [-0.2, 0) is 0 Å². The number of hydrogen-bond donors (Lipinski definition) is 1. The van der Waals surface area contributed by atoms with E-state index in [4.69, 9.17) is 26.8 Å². The zero-order valence-corrected chi connectivity index (χ0v) is 10.8. The summed E-state index contributed by atoms with van der Waals surface area (Å²) in [5.74, 6) is 1.96. The number of halogens is 1. The molecule has 0 atom stereocenters.